The zero-order chi connectivity index (χ0) is 28.8. The van der Waals surface area contributed by atoms with Crippen molar-refractivity contribution in [1.29, 1.82) is 0 Å². The van der Waals surface area contributed by atoms with Crippen molar-refractivity contribution in [3.63, 3.8) is 0 Å². The number of rotatable bonds is 9. The molecule has 3 fully saturated rings. The molecule has 1 atom stereocenters. The second-order valence-electron chi connectivity index (χ2n) is 11.3. The number of nitrogens with one attached hydrogen (secondary N) is 1. The third-order valence-electron chi connectivity index (χ3n) is 8.51. The Hall–Kier alpha value is -2.19. The maximum Gasteiger partial charge on any atom is 0.318 e. The van der Waals surface area contributed by atoms with Crippen molar-refractivity contribution in [3.8, 4) is 5.75 Å². The number of carbonyl (C=O) groups excluding carboxylic acids is 2. The van der Waals surface area contributed by atoms with Crippen LogP contribution in [0.1, 0.15) is 55.6 Å². The second-order valence-corrected chi connectivity index (χ2v) is 12.6. The molecule has 0 radical (unpaired) electrons. The van der Waals surface area contributed by atoms with Gasteiger partial charge in [0.1, 0.15) is 18.4 Å². The van der Waals surface area contributed by atoms with E-state index in [4.69, 9.17) is 39.5 Å². The normalized spacial score (nSPS) is 19.0. The van der Waals surface area contributed by atoms with Gasteiger partial charge in [0.25, 0.3) is 0 Å². The van der Waals surface area contributed by atoms with Gasteiger partial charge in [-0.3, -0.25) is 9.69 Å². The molecule has 0 bridgehead atoms. The summed E-state index contributed by atoms with van der Waals surface area (Å²) >= 11 is 19.0. The number of urea groups is 1. The van der Waals surface area contributed by atoms with Crippen molar-refractivity contribution >= 4 is 46.7 Å². The van der Waals surface area contributed by atoms with E-state index in [0.717, 1.165) is 62.2 Å². The summed E-state index contributed by atoms with van der Waals surface area (Å²) in [5.74, 6) is 1.03. The second kappa shape index (κ2) is 14.3. The van der Waals surface area contributed by atoms with Crippen molar-refractivity contribution in [2.75, 3.05) is 52.4 Å². The summed E-state index contributed by atoms with van der Waals surface area (Å²) in [5.41, 5.74) is 1.89. The first-order valence-electron chi connectivity index (χ1n) is 14.8. The third-order valence-corrected chi connectivity index (χ3v) is 9.33. The number of likely N-dealkylation sites (tertiary alicyclic amines) is 3. The monoisotopic (exact) mass is 620 g/mol. The summed E-state index contributed by atoms with van der Waals surface area (Å²) in [4.78, 5) is 32.9. The molecular formula is C31H39Cl3N4O3. The van der Waals surface area contributed by atoms with E-state index in [-0.39, 0.29) is 17.9 Å². The van der Waals surface area contributed by atoms with Crippen LogP contribution in [0.25, 0.3) is 0 Å². The van der Waals surface area contributed by atoms with Gasteiger partial charge in [-0.25, -0.2) is 4.79 Å². The first kappa shape index (κ1) is 30.3. The molecular weight excluding hydrogens is 583 g/mol. The van der Waals surface area contributed by atoms with Crippen molar-refractivity contribution in [2.24, 2.45) is 0 Å². The van der Waals surface area contributed by atoms with E-state index >= 15 is 0 Å². The van der Waals surface area contributed by atoms with E-state index in [1.54, 1.807) is 17.0 Å². The SMILES string of the molecule is O=C(N[C@H](Cc1ccc(Cl)cc1Cl)C(=O)N1CCC(c2cc(Cl)ccc2OCCN2CCCC2)CC1)N1CCCC1. The van der Waals surface area contributed by atoms with Crippen LogP contribution in [0.3, 0.4) is 0 Å². The predicted octanol–water partition coefficient (Wildman–Crippen LogP) is 6.24. The fourth-order valence-corrected chi connectivity index (χ4v) is 6.83. The van der Waals surface area contributed by atoms with Gasteiger partial charge in [0, 0.05) is 54.2 Å². The zero-order valence-electron chi connectivity index (χ0n) is 23.4. The van der Waals surface area contributed by atoms with Crippen LogP contribution in [-0.4, -0.2) is 85.1 Å². The van der Waals surface area contributed by atoms with E-state index < -0.39 is 6.04 Å². The molecule has 3 amide bonds. The highest BCUT2D eigenvalue weighted by atomic mass is 35.5. The fourth-order valence-electron chi connectivity index (χ4n) is 6.16. The summed E-state index contributed by atoms with van der Waals surface area (Å²) < 4.78 is 6.24. The van der Waals surface area contributed by atoms with E-state index in [2.05, 4.69) is 10.2 Å². The van der Waals surface area contributed by atoms with E-state index in [0.29, 0.717) is 54.3 Å². The van der Waals surface area contributed by atoms with Crippen LogP contribution in [0.2, 0.25) is 15.1 Å². The molecule has 0 spiro atoms. The van der Waals surface area contributed by atoms with Gasteiger partial charge in [-0.05, 0) is 99.0 Å². The third kappa shape index (κ3) is 8.01. The van der Waals surface area contributed by atoms with Crippen molar-refractivity contribution in [2.45, 2.75) is 56.9 Å². The topological polar surface area (TPSA) is 65.1 Å². The number of piperidine rings is 1. The molecule has 3 aliphatic heterocycles. The van der Waals surface area contributed by atoms with Crippen molar-refractivity contribution in [3.05, 3.63) is 62.6 Å². The molecule has 7 nitrogen and oxygen atoms in total. The number of hydrogen-bond acceptors (Lipinski definition) is 4. The lowest BCUT2D eigenvalue weighted by Gasteiger charge is -2.35. The predicted molar refractivity (Wildman–Crippen MR) is 164 cm³/mol. The minimum atomic E-state index is -0.714. The van der Waals surface area contributed by atoms with Crippen LogP contribution in [0.5, 0.6) is 5.75 Å². The van der Waals surface area contributed by atoms with Crippen LogP contribution in [-0.2, 0) is 11.2 Å². The van der Waals surface area contributed by atoms with Crippen molar-refractivity contribution in [1.82, 2.24) is 20.0 Å². The molecule has 222 valence electrons. The molecule has 2 aromatic rings. The Morgan fingerprint density at radius 3 is 2.22 bits per heavy atom. The van der Waals surface area contributed by atoms with Crippen molar-refractivity contribution < 1.29 is 14.3 Å². The Morgan fingerprint density at radius 1 is 0.854 bits per heavy atom. The Morgan fingerprint density at radius 2 is 1.51 bits per heavy atom. The van der Waals surface area contributed by atoms with Crippen LogP contribution in [0.4, 0.5) is 4.79 Å². The molecule has 1 N–H and O–H groups in total. The minimum absolute atomic E-state index is 0.0878. The highest BCUT2D eigenvalue weighted by molar-refractivity contribution is 6.35. The van der Waals surface area contributed by atoms with Gasteiger partial charge in [0.15, 0.2) is 0 Å². The number of carbonyl (C=O) groups is 2. The molecule has 2 aromatic carbocycles. The van der Waals surface area contributed by atoms with Gasteiger partial charge in [-0.15, -0.1) is 0 Å². The molecule has 0 unspecified atom stereocenters. The first-order chi connectivity index (χ1) is 19.9. The van der Waals surface area contributed by atoms with Gasteiger partial charge in [-0.1, -0.05) is 40.9 Å². The lowest BCUT2D eigenvalue weighted by Crippen LogP contribution is -2.54. The largest absolute Gasteiger partial charge is 0.492 e. The summed E-state index contributed by atoms with van der Waals surface area (Å²) in [6.45, 7) is 6.47. The Bertz CT molecular complexity index is 1210. The Kier molecular flexibility index (Phi) is 10.6. The first-order valence-corrected chi connectivity index (χ1v) is 15.9. The molecule has 5 rings (SSSR count). The molecule has 41 heavy (non-hydrogen) atoms. The number of ether oxygens (including phenoxy) is 1. The maximum atomic E-state index is 13.8. The van der Waals surface area contributed by atoms with Gasteiger partial charge < -0.3 is 19.9 Å². The molecule has 3 aliphatic rings. The average Bonchev–Trinajstić information content (AvgIpc) is 3.70. The summed E-state index contributed by atoms with van der Waals surface area (Å²) in [7, 11) is 0. The Labute approximate surface area is 258 Å². The minimum Gasteiger partial charge on any atom is -0.492 e. The molecule has 0 aliphatic carbocycles. The Balaban J connectivity index is 1.23. The fraction of sp³-hybridized carbons (Fsp3) is 0.548. The summed E-state index contributed by atoms with van der Waals surface area (Å²) in [5, 5.41) is 4.73. The highest BCUT2D eigenvalue weighted by Gasteiger charge is 2.32. The summed E-state index contributed by atoms with van der Waals surface area (Å²) in [6.07, 6.45) is 6.38. The average molecular weight is 622 g/mol. The molecule has 0 aromatic heterocycles. The van der Waals surface area contributed by atoms with Crippen LogP contribution >= 0.6 is 34.8 Å². The van der Waals surface area contributed by atoms with E-state index in [1.165, 1.54) is 12.8 Å². The van der Waals surface area contributed by atoms with Crippen LogP contribution in [0.15, 0.2) is 36.4 Å². The molecule has 3 saturated heterocycles. The molecule has 3 heterocycles. The lowest BCUT2D eigenvalue weighted by molar-refractivity contribution is -0.134. The molecule has 10 heteroatoms. The number of halogens is 3. The van der Waals surface area contributed by atoms with Gasteiger partial charge in [0.05, 0.1) is 0 Å². The van der Waals surface area contributed by atoms with Gasteiger partial charge in [-0.2, -0.15) is 0 Å². The maximum absolute atomic E-state index is 13.8. The quantitative estimate of drug-likeness (QED) is 0.360. The number of nitrogens with zero attached hydrogens (tertiary/aromatic N) is 3. The van der Waals surface area contributed by atoms with E-state index in [1.807, 2.05) is 29.2 Å². The molecule has 0 saturated carbocycles. The standard InChI is InChI=1S/C31H39Cl3N4O3/c32-24-7-8-29(41-18-17-36-11-1-2-12-36)26(20-24)22-9-15-37(16-10-22)30(39)28(35-31(40)38-13-3-4-14-38)19-23-5-6-25(33)21-27(23)34/h5-8,20-22,28H,1-4,9-19H2,(H,35,40)/t28-/m1/s1. The number of amides is 3. The number of benzene rings is 2. The smallest absolute Gasteiger partial charge is 0.318 e. The van der Waals surface area contributed by atoms with Gasteiger partial charge in [0.2, 0.25) is 5.91 Å². The summed E-state index contributed by atoms with van der Waals surface area (Å²) in [6, 6.07) is 10.2. The lowest BCUT2D eigenvalue weighted by atomic mass is 9.88. The van der Waals surface area contributed by atoms with Gasteiger partial charge >= 0.3 is 6.03 Å². The van der Waals surface area contributed by atoms with Crippen LogP contribution < -0.4 is 10.1 Å². The van der Waals surface area contributed by atoms with E-state index in [9.17, 15) is 9.59 Å². The zero-order valence-corrected chi connectivity index (χ0v) is 25.7. The van der Waals surface area contributed by atoms with Crippen LogP contribution in [0, 0.1) is 0 Å². The highest BCUT2D eigenvalue weighted by Crippen LogP contribution is 2.36. The number of hydrogen-bond donors (Lipinski definition) is 1.